The number of rotatable bonds is 9. The van der Waals surface area contributed by atoms with Crippen molar-refractivity contribution in [2.24, 2.45) is 5.92 Å². The number of fused-ring (bicyclic) bond motifs is 1. The van der Waals surface area contributed by atoms with E-state index in [-0.39, 0.29) is 64.5 Å². The fourth-order valence-electron chi connectivity index (χ4n) is 5.72. The van der Waals surface area contributed by atoms with Gasteiger partial charge in [-0.25, -0.2) is 0 Å². The Morgan fingerprint density at radius 2 is 1.84 bits per heavy atom. The highest BCUT2D eigenvalue weighted by atomic mass is 35.5. The second kappa shape index (κ2) is 12.3. The Kier molecular flexibility index (Phi) is 8.71. The standard InChI is InChI=1S/C32H31ClN2O7S/c1-17-13-22(36)26(30(38)32(17)31(39)27-23(40-2)15-24(41-3)28(33)29(27)42-32)21(19-5-7-20(43-4)8-6-19)14-25(37)35-16-18-9-11-34-12-10-18/h5-12,15,17,21,38H,13-14,16H2,1-4H3,(H,35,37)/t17-,21?,32+/m1/s1. The molecule has 2 aliphatic rings. The van der Waals surface area contributed by atoms with E-state index in [1.807, 2.05) is 30.5 Å². The van der Waals surface area contributed by atoms with Crippen molar-refractivity contribution < 1.29 is 33.7 Å². The van der Waals surface area contributed by atoms with Crippen LogP contribution in [0.25, 0.3) is 0 Å². The lowest BCUT2D eigenvalue weighted by Crippen LogP contribution is -2.53. The zero-order valence-corrected chi connectivity index (χ0v) is 25.7. The number of ether oxygens (including phenoxy) is 3. The van der Waals surface area contributed by atoms with E-state index in [0.29, 0.717) is 5.56 Å². The minimum atomic E-state index is -1.94. The third-order valence-corrected chi connectivity index (χ3v) is 9.11. The zero-order chi connectivity index (χ0) is 30.9. The van der Waals surface area contributed by atoms with Crippen LogP contribution in [-0.4, -0.2) is 53.6 Å². The van der Waals surface area contributed by atoms with Crippen LogP contribution in [-0.2, 0) is 16.1 Å². The molecule has 5 rings (SSSR count). The molecule has 0 saturated carbocycles. The van der Waals surface area contributed by atoms with E-state index >= 15 is 0 Å². The van der Waals surface area contributed by atoms with Gasteiger partial charge in [0.1, 0.15) is 22.1 Å². The molecule has 3 aromatic rings. The van der Waals surface area contributed by atoms with Gasteiger partial charge in [-0.05, 0) is 41.6 Å². The fraction of sp³-hybridized carbons (Fsp3) is 0.312. The number of carbonyl (C=O) groups excluding carboxylic acids is 3. The summed E-state index contributed by atoms with van der Waals surface area (Å²) in [6, 6.07) is 12.5. The number of halogens is 1. The lowest BCUT2D eigenvalue weighted by atomic mass is 9.69. The molecule has 2 aromatic carbocycles. The Bertz CT molecular complexity index is 1610. The lowest BCUT2D eigenvalue weighted by molar-refractivity contribution is -0.122. The van der Waals surface area contributed by atoms with E-state index < -0.39 is 29.0 Å². The van der Waals surface area contributed by atoms with E-state index in [1.54, 1.807) is 43.2 Å². The molecule has 9 nitrogen and oxygen atoms in total. The topological polar surface area (TPSA) is 124 Å². The molecule has 1 unspecified atom stereocenters. The van der Waals surface area contributed by atoms with Gasteiger partial charge in [0, 0.05) is 60.2 Å². The van der Waals surface area contributed by atoms with Crippen LogP contribution in [0.4, 0.5) is 0 Å². The fourth-order valence-corrected chi connectivity index (χ4v) is 6.39. The molecule has 3 atom stereocenters. The minimum Gasteiger partial charge on any atom is -0.507 e. The van der Waals surface area contributed by atoms with Crippen LogP contribution in [0.1, 0.15) is 47.2 Å². The zero-order valence-electron chi connectivity index (χ0n) is 24.1. The van der Waals surface area contributed by atoms with Crippen LogP contribution in [0.5, 0.6) is 17.2 Å². The van der Waals surface area contributed by atoms with Crippen molar-refractivity contribution in [1.82, 2.24) is 10.3 Å². The van der Waals surface area contributed by atoms with Crippen molar-refractivity contribution in [2.45, 2.75) is 42.7 Å². The van der Waals surface area contributed by atoms with Gasteiger partial charge in [-0.1, -0.05) is 30.7 Å². The van der Waals surface area contributed by atoms with Crippen LogP contribution >= 0.6 is 23.4 Å². The first-order chi connectivity index (χ1) is 20.7. The van der Waals surface area contributed by atoms with E-state index in [1.165, 1.54) is 20.3 Å². The van der Waals surface area contributed by atoms with Crippen molar-refractivity contribution in [3.63, 3.8) is 0 Å². The summed E-state index contributed by atoms with van der Waals surface area (Å²) in [5.41, 5.74) is -0.443. The van der Waals surface area contributed by atoms with Crippen molar-refractivity contribution in [1.29, 1.82) is 0 Å². The van der Waals surface area contributed by atoms with Gasteiger partial charge in [0.05, 0.1) is 14.2 Å². The number of hydrogen-bond acceptors (Lipinski definition) is 9. The maximum Gasteiger partial charge on any atom is 0.231 e. The van der Waals surface area contributed by atoms with Gasteiger partial charge in [-0.3, -0.25) is 19.4 Å². The van der Waals surface area contributed by atoms with Gasteiger partial charge in [-0.15, -0.1) is 11.8 Å². The molecule has 1 aliphatic carbocycles. The second-order valence-corrected chi connectivity index (χ2v) is 11.7. The van der Waals surface area contributed by atoms with Crippen molar-refractivity contribution >= 4 is 40.8 Å². The maximum atomic E-state index is 14.2. The van der Waals surface area contributed by atoms with Gasteiger partial charge in [0.15, 0.2) is 17.3 Å². The highest BCUT2D eigenvalue weighted by molar-refractivity contribution is 7.98. The number of ketones is 2. The number of benzene rings is 2. The highest BCUT2D eigenvalue weighted by Gasteiger charge is 2.61. The number of aliphatic hydroxyl groups excluding tert-OH is 1. The number of methoxy groups -OCH3 is 2. The number of nitrogens with one attached hydrogen (secondary N) is 1. The monoisotopic (exact) mass is 622 g/mol. The molecule has 2 N–H and O–H groups in total. The summed E-state index contributed by atoms with van der Waals surface area (Å²) in [5.74, 6) is -3.06. The molecule has 0 fully saturated rings. The number of carbonyl (C=O) groups is 3. The molecule has 0 bridgehead atoms. The van der Waals surface area contributed by atoms with Crippen LogP contribution in [0.2, 0.25) is 5.02 Å². The van der Waals surface area contributed by atoms with Gasteiger partial charge < -0.3 is 24.6 Å². The molecule has 224 valence electrons. The molecule has 1 amide bonds. The maximum absolute atomic E-state index is 14.2. The largest absolute Gasteiger partial charge is 0.507 e. The molecule has 43 heavy (non-hydrogen) atoms. The van der Waals surface area contributed by atoms with Gasteiger partial charge >= 0.3 is 0 Å². The number of Topliss-reactive ketones (excluding diaryl/α,β-unsaturated/α-hetero) is 2. The molecule has 0 radical (unpaired) electrons. The summed E-state index contributed by atoms with van der Waals surface area (Å²) in [4.78, 5) is 46.2. The van der Waals surface area contributed by atoms with Crippen LogP contribution in [0, 0.1) is 5.92 Å². The number of aromatic nitrogens is 1. The molecule has 1 aromatic heterocycles. The van der Waals surface area contributed by atoms with Crippen LogP contribution in [0.15, 0.2) is 71.1 Å². The second-order valence-electron chi connectivity index (χ2n) is 10.4. The van der Waals surface area contributed by atoms with E-state index in [4.69, 9.17) is 25.8 Å². The van der Waals surface area contributed by atoms with E-state index in [2.05, 4.69) is 10.3 Å². The van der Waals surface area contributed by atoms with E-state index in [9.17, 15) is 19.5 Å². The predicted molar refractivity (Wildman–Crippen MR) is 162 cm³/mol. The van der Waals surface area contributed by atoms with Crippen molar-refractivity contribution in [3.05, 3.63) is 87.9 Å². The number of aliphatic hydroxyl groups is 1. The summed E-state index contributed by atoms with van der Waals surface area (Å²) >= 11 is 8.12. The summed E-state index contributed by atoms with van der Waals surface area (Å²) in [7, 11) is 2.82. The first-order valence-electron chi connectivity index (χ1n) is 13.6. The Balaban J connectivity index is 1.60. The van der Waals surface area contributed by atoms with Crippen molar-refractivity contribution in [2.75, 3.05) is 20.5 Å². The average molecular weight is 623 g/mol. The molecule has 11 heteroatoms. The van der Waals surface area contributed by atoms with Crippen LogP contribution in [0.3, 0.4) is 0 Å². The SMILES string of the molecule is COc1cc(OC)c2c(c1Cl)O[C@]1(C2=O)C(O)=C(C(CC(=O)NCc2ccncc2)c2ccc(SC)cc2)C(=O)C[C@H]1C. The third kappa shape index (κ3) is 5.34. The van der Waals surface area contributed by atoms with Gasteiger partial charge in [0.2, 0.25) is 17.3 Å². The number of nitrogens with zero attached hydrogens (tertiary/aromatic N) is 1. The number of allylic oxidation sites excluding steroid dienone is 1. The number of thioether (sulfide) groups is 1. The van der Waals surface area contributed by atoms with Crippen molar-refractivity contribution in [3.8, 4) is 17.2 Å². The summed E-state index contributed by atoms with van der Waals surface area (Å²) in [6.07, 6.45) is 4.95. The normalized spacial score (nSPS) is 20.1. The Labute approximate surface area is 258 Å². The van der Waals surface area contributed by atoms with Crippen LogP contribution < -0.4 is 19.5 Å². The molecular weight excluding hydrogens is 592 g/mol. The molecule has 0 saturated heterocycles. The number of pyridine rings is 1. The third-order valence-electron chi connectivity index (χ3n) is 8.01. The van der Waals surface area contributed by atoms with Gasteiger partial charge in [0.25, 0.3) is 0 Å². The Morgan fingerprint density at radius 1 is 1.16 bits per heavy atom. The molecular formula is C32H31ClN2O7S. The first-order valence-corrected chi connectivity index (χ1v) is 15.2. The first kappa shape index (κ1) is 30.4. The quantitative estimate of drug-likeness (QED) is 0.289. The summed E-state index contributed by atoms with van der Waals surface area (Å²) < 4.78 is 17.1. The summed E-state index contributed by atoms with van der Waals surface area (Å²) in [5, 5.41) is 14.9. The molecule has 1 aliphatic heterocycles. The number of hydrogen-bond donors (Lipinski definition) is 2. The predicted octanol–water partition coefficient (Wildman–Crippen LogP) is 5.70. The lowest BCUT2D eigenvalue weighted by Gasteiger charge is -2.38. The molecule has 2 heterocycles. The minimum absolute atomic E-state index is 0.00549. The molecule has 1 spiro atoms. The summed E-state index contributed by atoms with van der Waals surface area (Å²) in [6.45, 7) is 1.92. The Hall–Kier alpha value is -4.02. The smallest absolute Gasteiger partial charge is 0.231 e. The van der Waals surface area contributed by atoms with E-state index in [0.717, 1.165) is 10.5 Å². The number of amides is 1. The highest BCUT2D eigenvalue weighted by Crippen LogP contribution is 2.55. The Morgan fingerprint density at radius 3 is 2.47 bits per heavy atom. The van der Waals surface area contributed by atoms with Gasteiger partial charge in [-0.2, -0.15) is 0 Å². The average Bonchev–Trinajstić information content (AvgIpc) is 3.34.